The van der Waals surface area contributed by atoms with E-state index < -0.39 is 0 Å². The Labute approximate surface area is 120 Å². The number of nitrogens with one attached hydrogen (secondary N) is 1. The zero-order valence-electron chi connectivity index (χ0n) is 12.3. The Kier molecular flexibility index (Phi) is 4.88. The van der Waals surface area contributed by atoms with Crippen molar-refractivity contribution in [2.24, 2.45) is 11.7 Å². The Morgan fingerprint density at radius 3 is 2.70 bits per heavy atom. The van der Waals surface area contributed by atoms with Crippen molar-refractivity contribution in [2.45, 2.75) is 45.1 Å². The lowest BCUT2D eigenvalue weighted by Crippen LogP contribution is -2.30. The lowest BCUT2D eigenvalue weighted by atomic mass is 9.85. The minimum Gasteiger partial charge on any atom is -0.493 e. The maximum Gasteiger partial charge on any atom is 0.161 e. The molecule has 20 heavy (non-hydrogen) atoms. The summed E-state index contributed by atoms with van der Waals surface area (Å²) in [5.74, 6) is 2.07. The van der Waals surface area contributed by atoms with E-state index in [-0.39, 0.29) is 11.9 Å². The van der Waals surface area contributed by atoms with Gasteiger partial charge >= 0.3 is 0 Å². The Morgan fingerprint density at radius 2 is 2.05 bits per heavy atom. The summed E-state index contributed by atoms with van der Waals surface area (Å²) in [6, 6.07) is 5.43. The van der Waals surface area contributed by atoms with E-state index in [0.29, 0.717) is 17.2 Å². The first-order chi connectivity index (χ1) is 9.65. The average molecular weight is 276 g/mol. The van der Waals surface area contributed by atoms with Crippen LogP contribution in [-0.2, 0) is 0 Å². The third-order valence-electron chi connectivity index (χ3n) is 4.12. The number of hydrogen-bond acceptors (Lipinski definition) is 3. The topological polar surface area (TPSA) is 68.3 Å². The first-order valence-electron chi connectivity index (χ1n) is 7.34. The molecule has 0 radical (unpaired) electrons. The normalized spacial score (nSPS) is 22.3. The van der Waals surface area contributed by atoms with Gasteiger partial charge in [-0.3, -0.25) is 5.41 Å². The SMILES string of the molecule is CCC1CCCCC1Oc1ccc(C(=N)N)cc1OC. The summed E-state index contributed by atoms with van der Waals surface area (Å²) < 4.78 is 11.5. The highest BCUT2D eigenvalue weighted by Gasteiger charge is 2.26. The third kappa shape index (κ3) is 3.24. The summed E-state index contributed by atoms with van der Waals surface area (Å²) in [4.78, 5) is 0. The van der Waals surface area contributed by atoms with Crippen LogP contribution in [0.5, 0.6) is 11.5 Å². The molecule has 2 unspecified atom stereocenters. The van der Waals surface area contributed by atoms with Crippen molar-refractivity contribution in [1.29, 1.82) is 5.41 Å². The van der Waals surface area contributed by atoms with Gasteiger partial charge in [0.05, 0.1) is 7.11 Å². The van der Waals surface area contributed by atoms with Crippen LogP contribution < -0.4 is 15.2 Å². The molecule has 0 bridgehead atoms. The van der Waals surface area contributed by atoms with Crippen molar-refractivity contribution in [2.75, 3.05) is 7.11 Å². The molecule has 0 spiro atoms. The molecule has 0 aliphatic heterocycles. The van der Waals surface area contributed by atoms with Gasteiger partial charge in [0.25, 0.3) is 0 Å². The number of rotatable bonds is 5. The van der Waals surface area contributed by atoms with Crippen LogP contribution in [0.1, 0.15) is 44.6 Å². The number of ether oxygens (including phenoxy) is 2. The van der Waals surface area contributed by atoms with Crippen LogP contribution in [0.3, 0.4) is 0 Å². The highest BCUT2D eigenvalue weighted by atomic mass is 16.5. The molecule has 1 fully saturated rings. The Balaban J connectivity index is 2.17. The monoisotopic (exact) mass is 276 g/mol. The molecule has 2 atom stereocenters. The summed E-state index contributed by atoms with van der Waals surface area (Å²) in [6.07, 6.45) is 6.31. The lowest BCUT2D eigenvalue weighted by molar-refractivity contribution is 0.0873. The molecule has 0 heterocycles. The van der Waals surface area contributed by atoms with Gasteiger partial charge in [-0.25, -0.2) is 0 Å². The molecule has 3 N–H and O–H groups in total. The van der Waals surface area contributed by atoms with Crippen LogP contribution in [0.15, 0.2) is 18.2 Å². The van der Waals surface area contributed by atoms with Gasteiger partial charge in [0.2, 0.25) is 0 Å². The first kappa shape index (κ1) is 14.7. The van der Waals surface area contributed by atoms with E-state index in [1.807, 2.05) is 12.1 Å². The second-order valence-corrected chi connectivity index (χ2v) is 5.39. The fourth-order valence-electron chi connectivity index (χ4n) is 2.89. The van der Waals surface area contributed by atoms with E-state index in [9.17, 15) is 0 Å². The predicted octanol–water partition coefficient (Wildman–Crippen LogP) is 3.33. The standard InChI is InChI=1S/C16H24N2O2/c1-3-11-6-4-5-7-13(11)20-14-9-8-12(16(17)18)10-15(14)19-2/h8-11,13H,3-7H2,1-2H3,(H3,17,18). The van der Waals surface area contributed by atoms with Crippen LogP contribution in [0, 0.1) is 11.3 Å². The van der Waals surface area contributed by atoms with Gasteiger partial charge < -0.3 is 15.2 Å². The quantitative estimate of drug-likeness (QED) is 0.640. The fourth-order valence-corrected chi connectivity index (χ4v) is 2.89. The van der Waals surface area contributed by atoms with Crippen LogP contribution in [0.25, 0.3) is 0 Å². The van der Waals surface area contributed by atoms with Gasteiger partial charge in [-0.15, -0.1) is 0 Å². The molecule has 4 nitrogen and oxygen atoms in total. The number of methoxy groups -OCH3 is 1. The van der Waals surface area contributed by atoms with E-state index in [4.69, 9.17) is 20.6 Å². The molecule has 2 rings (SSSR count). The highest BCUT2D eigenvalue weighted by Crippen LogP contribution is 2.34. The molecular formula is C16H24N2O2. The van der Waals surface area contributed by atoms with Gasteiger partial charge in [0.1, 0.15) is 11.9 Å². The van der Waals surface area contributed by atoms with Gasteiger partial charge in [0, 0.05) is 5.56 Å². The lowest BCUT2D eigenvalue weighted by Gasteiger charge is -2.31. The Morgan fingerprint density at radius 1 is 1.30 bits per heavy atom. The summed E-state index contributed by atoms with van der Waals surface area (Å²) >= 11 is 0. The maximum atomic E-state index is 7.47. The second-order valence-electron chi connectivity index (χ2n) is 5.39. The van der Waals surface area contributed by atoms with Crippen molar-refractivity contribution in [3.05, 3.63) is 23.8 Å². The summed E-state index contributed by atoms with van der Waals surface area (Å²) in [5.41, 5.74) is 6.16. The molecule has 110 valence electrons. The smallest absolute Gasteiger partial charge is 0.161 e. The summed E-state index contributed by atoms with van der Waals surface area (Å²) in [7, 11) is 1.62. The van der Waals surface area contributed by atoms with Crippen LogP contribution in [0.2, 0.25) is 0 Å². The number of nitrogens with two attached hydrogens (primary N) is 1. The molecule has 1 aromatic carbocycles. The second kappa shape index (κ2) is 6.64. The summed E-state index contributed by atoms with van der Waals surface area (Å²) in [6.45, 7) is 2.22. The number of amidine groups is 1. The number of benzene rings is 1. The predicted molar refractivity (Wildman–Crippen MR) is 80.7 cm³/mol. The van der Waals surface area contributed by atoms with Crippen LogP contribution in [-0.4, -0.2) is 19.0 Å². The molecule has 4 heteroatoms. The summed E-state index contributed by atoms with van der Waals surface area (Å²) in [5, 5.41) is 7.47. The zero-order chi connectivity index (χ0) is 14.5. The van der Waals surface area contributed by atoms with Gasteiger partial charge in [-0.1, -0.05) is 13.3 Å². The van der Waals surface area contributed by atoms with Crippen LogP contribution in [0.4, 0.5) is 0 Å². The maximum absolute atomic E-state index is 7.47. The molecule has 1 aliphatic carbocycles. The van der Waals surface area contributed by atoms with Crippen LogP contribution >= 0.6 is 0 Å². The molecule has 1 saturated carbocycles. The molecular weight excluding hydrogens is 252 g/mol. The number of nitrogen functional groups attached to an aromatic ring is 1. The van der Waals surface area contributed by atoms with Crippen molar-refractivity contribution in [1.82, 2.24) is 0 Å². The fraction of sp³-hybridized carbons (Fsp3) is 0.562. The number of hydrogen-bond donors (Lipinski definition) is 2. The van der Waals surface area contributed by atoms with E-state index in [2.05, 4.69) is 6.92 Å². The average Bonchev–Trinajstić information content (AvgIpc) is 2.48. The highest BCUT2D eigenvalue weighted by molar-refractivity contribution is 5.95. The van der Waals surface area contributed by atoms with Crippen molar-refractivity contribution in [3.8, 4) is 11.5 Å². The van der Waals surface area contributed by atoms with Crippen molar-refractivity contribution in [3.63, 3.8) is 0 Å². The van der Waals surface area contributed by atoms with Crippen molar-refractivity contribution < 1.29 is 9.47 Å². The first-order valence-corrected chi connectivity index (χ1v) is 7.34. The molecule has 1 aromatic rings. The molecule has 0 amide bonds. The van der Waals surface area contributed by atoms with Gasteiger partial charge in [-0.2, -0.15) is 0 Å². The van der Waals surface area contributed by atoms with E-state index in [1.165, 1.54) is 19.3 Å². The van der Waals surface area contributed by atoms with E-state index in [0.717, 1.165) is 18.6 Å². The largest absolute Gasteiger partial charge is 0.493 e. The zero-order valence-corrected chi connectivity index (χ0v) is 12.3. The van der Waals surface area contributed by atoms with Gasteiger partial charge in [-0.05, 0) is 49.8 Å². The molecule has 0 saturated heterocycles. The molecule has 0 aromatic heterocycles. The Bertz CT molecular complexity index is 474. The minimum atomic E-state index is 0.0407. The third-order valence-corrected chi connectivity index (χ3v) is 4.12. The van der Waals surface area contributed by atoms with E-state index in [1.54, 1.807) is 13.2 Å². The minimum absolute atomic E-state index is 0.0407. The Hall–Kier alpha value is -1.71. The van der Waals surface area contributed by atoms with E-state index >= 15 is 0 Å². The molecule has 1 aliphatic rings. The van der Waals surface area contributed by atoms with Gasteiger partial charge in [0.15, 0.2) is 11.5 Å². The van der Waals surface area contributed by atoms with Crippen molar-refractivity contribution >= 4 is 5.84 Å².